The molecule has 0 radical (unpaired) electrons. The zero-order chi connectivity index (χ0) is 17.2. The van der Waals surface area contributed by atoms with Crippen molar-refractivity contribution in [3.8, 4) is 6.07 Å². The van der Waals surface area contributed by atoms with Crippen molar-refractivity contribution >= 4 is 16.0 Å². The van der Waals surface area contributed by atoms with Crippen molar-refractivity contribution in [1.82, 2.24) is 4.72 Å². The molecule has 1 aromatic heterocycles. The topological polar surface area (TPSA) is 109 Å². The van der Waals surface area contributed by atoms with Crippen LogP contribution in [0.1, 0.15) is 34.5 Å². The van der Waals surface area contributed by atoms with Crippen molar-refractivity contribution in [3.63, 3.8) is 0 Å². The molecule has 1 aliphatic rings. The summed E-state index contributed by atoms with van der Waals surface area (Å²) in [6, 6.07) is 11.1. The van der Waals surface area contributed by atoms with E-state index < -0.39 is 16.0 Å². The third-order valence-corrected chi connectivity index (χ3v) is 4.77. The number of sulfonamides is 1. The molecular weight excluding hydrogens is 332 g/mol. The molecule has 1 saturated carbocycles. The number of hydrogen-bond donors (Lipinski definition) is 1. The molecule has 0 spiro atoms. The van der Waals surface area contributed by atoms with Gasteiger partial charge >= 0.3 is 5.97 Å². The minimum absolute atomic E-state index is 0.0442. The van der Waals surface area contributed by atoms with Crippen LogP contribution in [0.15, 0.2) is 45.9 Å². The van der Waals surface area contributed by atoms with Gasteiger partial charge in [0, 0.05) is 6.04 Å². The first-order valence-electron chi connectivity index (χ1n) is 7.26. The van der Waals surface area contributed by atoms with Gasteiger partial charge in [0.15, 0.2) is 0 Å². The maximum Gasteiger partial charge on any atom is 0.374 e. The highest BCUT2D eigenvalue weighted by Gasteiger charge is 2.30. The number of benzene rings is 1. The van der Waals surface area contributed by atoms with Crippen LogP contribution in [0, 0.1) is 11.3 Å². The van der Waals surface area contributed by atoms with Crippen molar-refractivity contribution in [1.29, 1.82) is 5.26 Å². The van der Waals surface area contributed by atoms with Crippen LogP contribution in [-0.2, 0) is 21.4 Å². The van der Waals surface area contributed by atoms with Crippen molar-refractivity contribution < 1.29 is 22.4 Å². The zero-order valence-corrected chi connectivity index (χ0v) is 13.4. The summed E-state index contributed by atoms with van der Waals surface area (Å²) in [5.41, 5.74) is 1.11. The first-order chi connectivity index (χ1) is 11.5. The predicted octanol–water partition coefficient (Wildman–Crippen LogP) is 1.95. The first-order valence-corrected chi connectivity index (χ1v) is 8.74. The number of furan rings is 1. The summed E-state index contributed by atoms with van der Waals surface area (Å²) in [4.78, 5) is 12.0. The first kappa shape index (κ1) is 16.2. The molecule has 3 rings (SSSR count). The van der Waals surface area contributed by atoms with Crippen LogP contribution < -0.4 is 4.72 Å². The van der Waals surface area contributed by atoms with E-state index in [0.29, 0.717) is 11.1 Å². The molecule has 0 unspecified atom stereocenters. The third kappa shape index (κ3) is 3.82. The van der Waals surface area contributed by atoms with Gasteiger partial charge in [-0.3, -0.25) is 0 Å². The van der Waals surface area contributed by atoms with E-state index in [1.807, 2.05) is 6.07 Å². The van der Waals surface area contributed by atoms with Gasteiger partial charge in [0.25, 0.3) is 10.0 Å². The van der Waals surface area contributed by atoms with E-state index in [9.17, 15) is 13.2 Å². The predicted molar refractivity (Wildman–Crippen MR) is 82.3 cm³/mol. The number of nitrogens with one attached hydrogen (secondary N) is 1. The Labute approximate surface area is 138 Å². The van der Waals surface area contributed by atoms with E-state index >= 15 is 0 Å². The van der Waals surface area contributed by atoms with Gasteiger partial charge in [0.1, 0.15) is 6.61 Å². The Morgan fingerprint density at radius 3 is 2.83 bits per heavy atom. The Morgan fingerprint density at radius 2 is 2.12 bits per heavy atom. The lowest BCUT2D eigenvalue weighted by molar-refractivity contribution is 0.0430. The summed E-state index contributed by atoms with van der Waals surface area (Å²) in [5.74, 6) is -0.965. The lowest BCUT2D eigenvalue weighted by Crippen LogP contribution is -2.25. The highest BCUT2D eigenvalue weighted by atomic mass is 32.2. The second-order valence-electron chi connectivity index (χ2n) is 5.40. The molecule has 1 aliphatic carbocycles. The molecule has 124 valence electrons. The van der Waals surface area contributed by atoms with Crippen LogP contribution in [0.2, 0.25) is 0 Å². The van der Waals surface area contributed by atoms with Gasteiger partial charge in [-0.2, -0.15) is 5.26 Å². The lowest BCUT2D eigenvalue weighted by atomic mass is 10.1. The molecular formula is C16H14N2O5S. The Balaban J connectivity index is 1.64. The quantitative estimate of drug-likeness (QED) is 0.801. The molecule has 0 aliphatic heterocycles. The van der Waals surface area contributed by atoms with Crippen LogP contribution in [-0.4, -0.2) is 20.4 Å². The third-order valence-electron chi connectivity index (χ3n) is 3.37. The maximum absolute atomic E-state index is 12.0. The molecule has 1 aromatic carbocycles. The summed E-state index contributed by atoms with van der Waals surface area (Å²) < 4.78 is 36.6. The highest BCUT2D eigenvalue weighted by molar-refractivity contribution is 7.89. The monoisotopic (exact) mass is 346 g/mol. The van der Waals surface area contributed by atoms with E-state index in [2.05, 4.69) is 4.72 Å². The van der Waals surface area contributed by atoms with Gasteiger partial charge in [-0.1, -0.05) is 12.1 Å². The smallest absolute Gasteiger partial charge is 0.374 e. The number of ether oxygens (including phenoxy) is 1. The van der Waals surface area contributed by atoms with Gasteiger partial charge in [-0.25, -0.2) is 17.9 Å². The van der Waals surface area contributed by atoms with Crippen molar-refractivity contribution in [2.75, 3.05) is 0 Å². The summed E-state index contributed by atoms with van der Waals surface area (Å²) in [6.07, 6.45) is 1.60. The van der Waals surface area contributed by atoms with Gasteiger partial charge < -0.3 is 9.15 Å². The van der Waals surface area contributed by atoms with E-state index in [-0.39, 0.29) is 23.5 Å². The van der Waals surface area contributed by atoms with Gasteiger partial charge in [-0.15, -0.1) is 0 Å². The van der Waals surface area contributed by atoms with Crippen molar-refractivity contribution in [2.24, 2.45) is 0 Å². The fourth-order valence-corrected chi connectivity index (χ4v) is 3.24. The van der Waals surface area contributed by atoms with Crippen LogP contribution >= 0.6 is 0 Å². The standard InChI is InChI=1S/C16H14N2O5S/c17-9-11-2-1-3-12(8-11)10-22-16(19)14-6-7-15(23-14)24(20,21)18-13-4-5-13/h1-3,6-8,13,18H,4-5,10H2. The summed E-state index contributed by atoms with van der Waals surface area (Å²) in [6.45, 7) is -0.0442. The minimum Gasteiger partial charge on any atom is -0.455 e. The van der Waals surface area contributed by atoms with Crippen LogP contribution in [0.4, 0.5) is 0 Å². The molecule has 0 bridgehead atoms. The Hall–Kier alpha value is -2.63. The minimum atomic E-state index is -3.75. The van der Waals surface area contributed by atoms with Gasteiger partial charge in [-0.05, 0) is 42.7 Å². The largest absolute Gasteiger partial charge is 0.455 e. The van der Waals surface area contributed by atoms with Crippen LogP contribution in [0.5, 0.6) is 0 Å². The molecule has 0 amide bonds. The molecule has 1 heterocycles. The molecule has 7 nitrogen and oxygen atoms in total. The fourth-order valence-electron chi connectivity index (χ4n) is 2.00. The van der Waals surface area contributed by atoms with E-state index in [1.165, 1.54) is 12.1 Å². The SMILES string of the molecule is N#Cc1cccc(COC(=O)c2ccc(S(=O)(=O)NC3CC3)o2)c1. The Morgan fingerprint density at radius 1 is 1.33 bits per heavy atom. The molecule has 1 fully saturated rings. The summed E-state index contributed by atoms with van der Waals surface area (Å²) in [5, 5.41) is 8.52. The number of hydrogen-bond acceptors (Lipinski definition) is 6. The molecule has 24 heavy (non-hydrogen) atoms. The molecule has 2 aromatic rings. The van der Waals surface area contributed by atoms with E-state index in [1.54, 1.807) is 24.3 Å². The van der Waals surface area contributed by atoms with Crippen molar-refractivity contribution in [2.45, 2.75) is 30.6 Å². The maximum atomic E-state index is 12.0. The number of carbonyl (C=O) groups is 1. The average molecular weight is 346 g/mol. The zero-order valence-electron chi connectivity index (χ0n) is 12.6. The summed E-state index contributed by atoms with van der Waals surface area (Å²) in [7, 11) is -3.75. The normalized spacial score (nSPS) is 14.1. The van der Waals surface area contributed by atoms with Gasteiger partial charge in [0.2, 0.25) is 10.9 Å². The number of carbonyl (C=O) groups excluding carboxylic acids is 1. The number of nitrogens with zero attached hydrogens (tertiary/aromatic N) is 1. The second-order valence-corrected chi connectivity index (χ2v) is 7.05. The van der Waals surface area contributed by atoms with Crippen LogP contribution in [0.3, 0.4) is 0 Å². The van der Waals surface area contributed by atoms with Crippen molar-refractivity contribution in [3.05, 3.63) is 53.3 Å². The molecule has 1 N–H and O–H groups in total. The molecule has 0 atom stereocenters. The number of nitriles is 1. The van der Waals surface area contributed by atoms with Crippen LogP contribution in [0.25, 0.3) is 0 Å². The lowest BCUT2D eigenvalue weighted by Gasteiger charge is -2.04. The highest BCUT2D eigenvalue weighted by Crippen LogP contribution is 2.23. The number of esters is 1. The Kier molecular flexibility index (Phi) is 4.38. The molecule has 0 saturated heterocycles. The Bertz CT molecular complexity index is 907. The average Bonchev–Trinajstić information content (AvgIpc) is 3.22. The fraction of sp³-hybridized carbons (Fsp3) is 0.250. The summed E-state index contributed by atoms with van der Waals surface area (Å²) >= 11 is 0. The number of rotatable bonds is 6. The second kappa shape index (κ2) is 6.47. The molecule has 8 heteroatoms. The van der Waals surface area contributed by atoms with E-state index in [4.69, 9.17) is 14.4 Å². The van der Waals surface area contributed by atoms with Gasteiger partial charge in [0.05, 0.1) is 11.6 Å². The van der Waals surface area contributed by atoms with E-state index in [0.717, 1.165) is 12.8 Å².